The number of benzene rings is 1. The first kappa shape index (κ1) is 24.0. The van der Waals surface area contributed by atoms with E-state index in [0.29, 0.717) is 17.1 Å². The lowest BCUT2D eigenvalue weighted by molar-refractivity contribution is -0.125. The average Bonchev–Trinajstić information content (AvgIpc) is 3.47. The maximum atomic E-state index is 13.2. The normalized spacial score (nSPS) is 18.9. The van der Waals surface area contributed by atoms with Gasteiger partial charge in [-0.15, -0.1) is 11.3 Å². The molecule has 4 rings (SSSR count). The van der Waals surface area contributed by atoms with Crippen molar-refractivity contribution in [3.63, 3.8) is 0 Å². The van der Waals surface area contributed by atoms with Crippen LogP contribution in [-0.4, -0.2) is 28.6 Å². The molecule has 2 aliphatic rings. The second-order valence-corrected chi connectivity index (χ2v) is 10.3. The van der Waals surface area contributed by atoms with Crippen LogP contribution in [0.3, 0.4) is 0 Å². The number of carbonyl (C=O) groups is 3. The minimum atomic E-state index is -0.604. The fourth-order valence-corrected chi connectivity index (χ4v) is 6.58. The van der Waals surface area contributed by atoms with Crippen molar-refractivity contribution in [1.29, 1.82) is 5.26 Å². The Morgan fingerprint density at radius 3 is 2.68 bits per heavy atom. The van der Waals surface area contributed by atoms with E-state index < -0.39 is 23.3 Å². The minimum Gasteiger partial charge on any atom is -0.334 e. The van der Waals surface area contributed by atoms with Gasteiger partial charge in [0.1, 0.15) is 10.9 Å². The molecule has 0 saturated heterocycles. The first-order valence-electron chi connectivity index (χ1n) is 11.0. The maximum Gasteiger partial charge on any atom is 0.321 e. The first-order chi connectivity index (χ1) is 16.4. The molecule has 1 unspecified atom stereocenters. The zero-order valence-corrected chi connectivity index (χ0v) is 20.4. The van der Waals surface area contributed by atoms with Crippen LogP contribution in [0.1, 0.15) is 47.9 Å². The Bertz CT molecular complexity index is 1160. The quantitative estimate of drug-likeness (QED) is 0.561. The number of hydrogen-bond donors (Lipinski definition) is 3. The Morgan fingerprint density at radius 1 is 1.29 bits per heavy atom. The highest BCUT2D eigenvalue weighted by molar-refractivity contribution is 8.03. The summed E-state index contributed by atoms with van der Waals surface area (Å²) in [6, 6.07) is 11.1. The summed E-state index contributed by atoms with van der Waals surface area (Å²) in [6.45, 7) is 2.19. The van der Waals surface area contributed by atoms with Gasteiger partial charge in [0.05, 0.1) is 22.4 Å². The number of nitrogens with one attached hydrogen (secondary N) is 3. The lowest BCUT2D eigenvalue weighted by atomic mass is 9.67. The SMILES string of the molecule is Cc1csc(C2C(=O)NC(SCC(=O)NC(=O)NCc3ccccc3)=C(C#N)C23CCCC3)n1. The molecule has 0 radical (unpaired) electrons. The summed E-state index contributed by atoms with van der Waals surface area (Å²) < 4.78 is 0. The fraction of sp³-hybridized carbons (Fsp3) is 0.375. The van der Waals surface area contributed by atoms with Crippen LogP contribution in [0.5, 0.6) is 0 Å². The Morgan fingerprint density at radius 2 is 2.03 bits per heavy atom. The van der Waals surface area contributed by atoms with Crippen molar-refractivity contribution >= 4 is 40.9 Å². The van der Waals surface area contributed by atoms with E-state index in [2.05, 4.69) is 27.0 Å². The number of amides is 4. The summed E-state index contributed by atoms with van der Waals surface area (Å²) in [5, 5.41) is 20.9. The van der Waals surface area contributed by atoms with E-state index in [1.165, 1.54) is 11.3 Å². The van der Waals surface area contributed by atoms with Gasteiger partial charge >= 0.3 is 6.03 Å². The highest BCUT2D eigenvalue weighted by Gasteiger charge is 2.53. The van der Waals surface area contributed by atoms with Gasteiger partial charge in [-0.2, -0.15) is 5.26 Å². The van der Waals surface area contributed by atoms with Gasteiger partial charge in [0.2, 0.25) is 11.8 Å². The van der Waals surface area contributed by atoms with E-state index in [9.17, 15) is 19.6 Å². The van der Waals surface area contributed by atoms with Crippen molar-refractivity contribution < 1.29 is 14.4 Å². The lowest BCUT2D eigenvalue weighted by Gasteiger charge is -2.40. The van der Waals surface area contributed by atoms with E-state index in [1.807, 2.05) is 42.6 Å². The predicted molar refractivity (Wildman–Crippen MR) is 131 cm³/mol. The number of allylic oxidation sites excluding steroid dienone is 1. The summed E-state index contributed by atoms with van der Waals surface area (Å²) in [6.07, 6.45) is 3.31. The van der Waals surface area contributed by atoms with Crippen LogP contribution >= 0.6 is 23.1 Å². The van der Waals surface area contributed by atoms with Gasteiger partial charge in [-0.25, -0.2) is 9.78 Å². The van der Waals surface area contributed by atoms with Crippen LogP contribution in [0.2, 0.25) is 0 Å². The molecule has 1 spiro atoms. The molecule has 176 valence electrons. The van der Waals surface area contributed by atoms with Crippen molar-refractivity contribution in [2.45, 2.75) is 45.1 Å². The first-order valence-corrected chi connectivity index (χ1v) is 12.9. The third-order valence-corrected chi connectivity index (χ3v) is 8.19. The Balaban J connectivity index is 1.44. The van der Waals surface area contributed by atoms with Gasteiger partial charge in [0.25, 0.3) is 0 Å². The molecule has 1 fully saturated rings. The average molecular weight is 496 g/mol. The number of aromatic nitrogens is 1. The standard InChI is InChI=1S/C24H25N5O3S2/c1-15-13-33-22(27-15)19-20(31)29-21(17(11-25)24(19)9-5-6-10-24)34-14-18(30)28-23(32)26-12-16-7-3-2-4-8-16/h2-4,7-8,13,19H,5-6,9-10,12,14H2,1H3,(H,29,31)(H2,26,28,30,32). The monoisotopic (exact) mass is 495 g/mol. The number of nitrogens with zero attached hydrogens (tertiary/aromatic N) is 2. The molecule has 4 amide bonds. The Labute approximate surface area is 206 Å². The summed E-state index contributed by atoms with van der Waals surface area (Å²) in [7, 11) is 0. The minimum absolute atomic E-state index is 0.101. The molecular formula is C24H25N5O3S2. The lowest BCUT2D eigenvalue weighted by Crippen LogP contribution is -2.45. The summed E-state index contributed by atoms with van der Waals surface area (Å²) in [5.41, 5.74) is 1.67. The second kappa shape index (κ2) is 10.4. The highest BCUT2D eigenvalue weighted by Crippen LogP contribution is 2.57. The van der Waals surface area contributed by atoms with Crippen molar-refractivity contribution in [1.82, 2.24) is 20.9 Å². The molecule has 0 bridgehead atoms. The van der Waals surface area contributed by atoms with Crippen molar-refractivity contribution in [2.75, 3.05) is 5.75 Å². The molecule has 1 atom stereocenters. The van der Waals surface area contributed by atoms with Crippen LogP contribution in [0, 0.1) is 23.7 Å². The van der Waals surface area contributed by atoms with Crippen LogP contribution in [-0.2, 0) is 16.1 Å². The van der Waals surface area contributed by atoms with Crippen LogP contribution in [0.25, 0.3) is 0 Å². The number of carbonyl (C=O) groups excluding carboxylic acids is 3. The van der Waals surface area contributed by atoms with E-state index in [0.717, 1.165) is 53.7 Å². The molecular weight excluding hydrogens is 470 g/mol. The number of thioether (sulfide) groups is 1. The summed E-state index contributed by atoms with van der Waals surface area (Å²) in [5.74, 6) is -1.31. The Kier molecular flexibility index (Phi) is 7.34. The van der Waals surface area contributed by atoms with Crippen molar-refractivity contribution in [3.8, 4) is 6.07 Å². The molecule has 34 heavy (non-hydrogen) atoms. The topological polar surface area (TPSA) is 124 Å². The van der Waals surface area contributed by atoms with E-state index >= 15 is 0 Å². The van der Waals surface area contributed by atoms with E-state index in [-0.39, 0.29) is 11.7 Å². The zero-order chi connectivity index (χ0) is 24.1. The second-order valence-electron chi connectivity index (χ2n) is 8.43. The van der Waals surface area contributed by atoms with Gasteiger partial charge in [0, 0.05) is 23.0 Å². The Hall–Kier alpha value is -3.16. The third kappa shape index (κ3) is 5.00. The molecule has 1 aliphatic carbocycles. The number of aryl methyl sites for hydroxylation is 1. The molecule has 3 N–H and O–H groups in total. The number of hydrogen-bond acceptors (Lipinski definition) is 7. The van der Waals surface area contributed by atoms with Crippen LogP contribution in [0.15, 0.2) is 46.3 Å². The highest BCUT2D eigenvalue weighted by atomic mass is 32.2. The van der Waals surface area contributed by atoms with Gasteiger partial charge < -0.3 is 10.6 Å². The molecule has 1 aromatic carbocycles. The van der Waals surface area contributed by atoms with Crippen LogP contribution < -0.4 is 16.0 Å². The summed E-state index contributed by atoms with van der Waals surface area (Å²) in [4.78, 5) is 42.2. The molecule has 8 nitrogen and oxygen atoms in total. The third-order valence-electron chi connectivity index (χ3n) is 6.16. The fourth-order valence-electron chi connectivity index (χ4n) is 4.66. The molecule has 10 heteroatoms. The van der Waals surface area contributed by atoms with E-state index in [1.54, 1.807) is 0 Å². The molecule has 2 aromatic rings. The molecule has 2 heterocycles. The van der Waals surface area contributed by atoms with Gasteiger partial charge in [-0.3, -0.25) is 14.9 Å². The molecule has 1 aliphatic heterocycles. The number of imide groups is 1. The van der Waals surface area contributed by atoms with Gasteiger partial charge in [-0.1, -0.05) is 54.9 Å². The predicted octanol–water partition coefficient (Wildman–Crippen LogP) is 3.72. The van der Waals surface area contributed by atoms with Gasteiger partial charge in [-0.05, 0) is 25.3 Å². The van der Waals surface area contributed by atoms with Crippen molar-refractivity contribution in [2.24, 2.45) is 5.41 Å². The van der Waals surface area contributed by atoms with E-state index in [4.69, 9.17) is 0 Å². The van der Waals surface area contributed by atoms with Gasteiger partial charge in [0.15, 0.2) is 0 Å². The van der Waals surface area contributed by atoms with Crippen LogP contribution in [0.4, 0.5) is 4.79 Å². The number of thiazole rings is 1. The smallest absolute Gasteiger partial charge is 0.321 e. The van der Waals surface area contributed by atoms with Crippen molar-refractivity contribution in [3.05, 3.63) is 62.6 Å². The molecule has 1 saturated carbocycles. The number of nitriles is 1. The number of rotatable bonds is 6. The largest absolute Gasteiger partial charge is 0.334 e. The molecule has 1 aromatic heterocycles. The number of urea groups is 1. The maximum absolute atomic E-state index is 13.2. The zero-order valence-electron chi connectivity index (χ0n) is 18.7. The summed E-state index contributed by atoms with van der Waals surface area (Å²) >= 11 is 2.52.